The Bertz CT molecular complexity index is 838. The van der Waals surface area contributed by atoms with Gasteiger partial charge in [0, 0.05) is 16.8 Å². The van der Waals surface area contributed by atoms with Gasteiger partial charge in [0.2, 0.25) is 10.0 Å². The minimum absolute atomic E-state index is 0.0780. The van der Waals surface area contributed by atoms with Gasteiger partial charge in [0.15, 0.2) is 0 Å². The van der Waals surface area contributed by atoms with Crippen molar-refractivity contribution < 1.29 is 17.9 Å². The number of nitrogens with one attached hydrogen (secondary N) is 1. The maximum atomic E-state index is 12.4. The summed E-state index contributed by atoms with van der Waals surface area (Å²) in [6.07, 6.45) is 1.32. The first kappa shape index (κ1) is 16.4. The summed E-state index contributed by atoms with van der Waals surface area (Å²) < 4.78 is 33.2. The summed E-state index contributed by atoms with van der Waals surface area (Å²) in [6, 6.07) is 6.49. The van der Waals surface area contributed by atoms with Crippen LogP contribution in [-0.4, -0.2) is 33.1 Å². The van der Waals surface area contributed by atoms with Gasteiger partial charge in [0.05, 0.1) is 11.5 Å². The predicted molar refractivity (Wildman–Crippen MR) is 89.1 cm³/mol. The van der Waals surface area contributed by atoms with Gasteiger partial charge in [-0.3, -0.25) is 0 Å². The molecule has 1 aromatic carbocycles. The van der Waals surface area contributed by atoms with Gasteiger partial charge < -0.3 is 10.5 Å². The van der Waals surface area contributed by atoms with Crippen molar-refractivity contribution >= 4 is 37.4 Å². The standard InChI is InChI=1S/C15H18N2O4S2/c1-2-21-15(18)14-6-9-5-12(3-4-13(9)22-14)23(19,20)17-11-7-10(16)8-11/h3-6,10-11,17H,2,7-8,16H2,1H3. The highest BCUT2D eigenvalue weighted by Gasteiger charge is 2.30. The maximum Gasteiger partial charge on any atom is 0.348 e. The van der Waals surface area contributed by atoms with Gasteiger partial charge in [-0.1, -0.05) is 0 Å². The van der Waals surface area contributed by atoms with Crippen LogP contribution in [0.4, 0.5) is 0 Å². The van der Waals surface area contributed by atoms with E-state index in [2.05, 4.69) is 4.72 Å². The average Bonchev–Trinajstić information content (AvgIpc) is 2.88. The molecule has 1 saturated carbocycles. The van der Waals surface area contributed by atoms with Crippen LogP contribution in [0.1, 0.15) is 29.4 Å². The van der Waals surface area contributed by atoms with Crippen molar-refractivity contribution in [1.82, 2.24) is 4.72 Å². The van der Waals surface area contributed by atoms with Crippen LogP contribution in [0.15, 0.2) is 29.2 Å². The second kappa shape index (κ2) is 6.20. The lowest BCUT2D eigenvalue weighted by Crippen LogP contribution is -2.50. The lowest BCUT2D eigenvalue weighted by atomic mass is 9.89. The second-order valence-corrected chi connectivity index (χ2v) is 8.38. The van der Waals surface area contributed by atoms with E-state index in [0.29, 0.717) is 29.7 Å². The molecule has 2 aromatic rings. The van der Waals surface area contributed by atoms with E-state index in [0.717, 1.165) is 4.70 Å². The molecule has 6 nitrogen and oxygen atoms in total. The molecule has 0 atom stereocenters. The number of ether oxygens (including phenoxy) is 1. The van der Waals surface area contributed by atoms with Gasteiger partial charge in [-0.15, -0.1) is 11.3 Å². The fourth-order valence-corrected chi connectivity index (χ4v) is 4.77. The van der Waals surface area contributed by atoms with Crippen LogP contribution in [0.2, 0.25) is 0 Å². The number of esters is 1. The first-order valence-electron chi connectivity index (χ1n) is 7.37. The largest absolute Gasteiger partial charge is 0.462 e. The van der Waals surface area contributed by atoms with Crippen LogP contribution in [-0.2, 0) is 14.8 Å². The lowest BCUT2D eigenvalue weighted by molar-refractivity contribution is 0.0532. The first-order chi connectivity index (χ1) is 10.9. The molecule has 0 amide bonds. The molecule has 1 aromatic heterocycles. The second-order valence-electron chi connectivity index (χ2n) is 5.58. The molecule has 0 saturated heterocycles. The van der Waals surface area contributed by atoms with Crippen LogP contribution < -0.4 is 10.5 Å². The molecule has 1 heterocycles. The molecule has 1 aliphatic carbocycles. The molecule has 0 unspecified atom stereocenters. The monoisotopic (exact) mass is 354 g/mol. The number of sulfonamides is 1. The number of fused-ring (bicyclic) bond motifs is 1. The van der Waals surface area contributed by atoms with E-state index >= 15 is 0 Å². The molecule has 1 aliphatic rings. The predicted octanol–water partition coefficient (Wildman–Crippen LogP) is 1.85. The Morgan fingerprint density at radius 1 is 1.39 bits per heavy atom. The van der Waals surface area contributed by atoms with E-state index in [9.17, 15) is 13.2 Å². The molecular weight excluding hydrogens is 336 g/mol. The van der Waals surface area contributed by atoms with Crippen molar-refractivity contribution in [1.29, 1.82) is 0 Å². The zero-order valence-corrected chi connectivity index (χ0v) is 14.2. The quantitative estimate of drug-likeness (QED) is 0.799. The SMILES string of the molecule is CCOC(=O)c1cc2cc(S(=O)(=O)NC3CC(N)C3)ccc2s1. The number of benzene rings is 1. The number of carbonyl (C=O) groups excluding carboxylic acids is 1. The molecule has 23 heavy (non-hydrogen) atoms. The van der Waals surface area contributed by atoms with Gasteiger partial charge in [-0.2, -0.15) is 0 Å². The Morgan fingerprint density at radius 3 is 2.78 bits per heavy atom. The molecule has 0 spiro atoms. The smallest absolute Gasteiger partial charge is 0.348 e. The van der Waals surface area contributed by atoms with E-state index in [4.69, 9.17) is 10.5 Å². The summed E-state index contributed by atoms with van der Waals surface area (Å²) in [7, 11) is -3.57. The Balaban J connectivity index is 1.85. The molecule has 1 fully saturated rings. The molecule has 0 aliphatic heterocycles. The highest BCUT2D eigenvalue weighted by Crippen LogP contribution is 2.29. The van der Waals surface area contributed by atoms with Crippen molar-refractivity contribution in [2.75, 3.05) is 6.61 Å². The molecule has 3 rings (SSSR count). The number of nitrogens with two attached hydrogens (primary N) is 1. The third kappa shape index (κ3) is 3.40. The molecule has 0 bridgehead atoms. The summed E-state index contributed by atoms with van der Waals surface area (Å²) in [6.45, 7) is 2.05. The van der Waals surface area contributed by atoms with Crippen molar-refractivity contribution in [3.8, 4) is 0 Å². The number of hydrogen-bond donors (Lipinski definition) is 2. The Kier molecular flexibility index (Phi) is 4.41. The summed E-state index contributed by atoms with van der Waals surface area (Å²) in [5, 5.41) is 0.714. The summed E-state index contributed by atoms with van der Waals surface area (Å²) in [4.78, 5) is 12.4. The van der Waals surface area contributed by atoms with Crippen molar-refractivity contribution in [3.05, 3.63) is 29.1 Å². The normalized spacial score (nSPS) is 21.1. The van der Waals surface area contributed by atoms with Crippen LogP contribution in [0, 0.1) is 0 Å². The van der Waals surface area contributed by atoms with Crippen molar-refractivity contribution in [2.24, 2.45) is 5.73 Å². The topological polar surface area (TPSA) is 98.5 Å². The number of hydrogen-bond acceptors (Lipinski definition) is 6. The van der Waals surface area contributed by atoms with E-state index in [1.165, 1.54) is 11.3 Å². The zero-order chi connectivity index (χ0) is 16.6. The van der Waals surface area contributed by atoms with Crippen LogP contribution >= 0.6 is 11.3 Å². The molecular formula is C15H18N2O4S2. The Labute approximate surface area is 138 Å². The van der Waals surface area contributed by atoms with E-state index in [1.54, 1.807) is 31.2 Å². The molecule has 0 radical (unpaired) electrons. The number of rotatable bonds is 5. The minimum Gasteiger partial charge on any atom is -0.462 e. The molecule has 124 valence electrons. The zero-order valence-electron chi connectivity index (χ0n) is 12.6. The third-order valence-electron chi connectivity index (χ3n) is 3.77. The maximum absolute atomic E-state index is 12.4. The Hall–Kier alpha value is -1.48. The van der Waals surface area contributed by atoms with Gasteiger partial charge >= 0.3 is 5.97 Å². The van der Waals surface area contributed by atoms with E-state index < -0.39 is 10.0 Å². The fourth-order valence-electron chi connectivity index (χ4n) is 2.54. The van der Waals surface area contributed by atoms with Crippen LogP contribution in [0.3, 0.4) is 0 Å². The van der Waals surface area contributed by atoms with Crippen LogP contribution in [0.5, 0.6) is 0 Å². The Morgan fingerprint density at radius 2 is 2.13 bits per heavy atom. The van der Waals surface area contributed by atoms with E-state index in [1.807, 2.05) is 0 Å². The van der Waals surface area contributed by atoms with Crippen LogP contribution in [0.25, 0.3) is 10.1 Å². The highest BCUT2D eigenvalue weighted by molar-refractivity contribution is 7.89. The van der Waals surface area contributed by atoms with Gasteiger partial charge in [0.25, 0.3) is 0 Å². The average molecular weight is 354 g/mol. The molecule has 3 N–H and O–H groups in total. The number of thiophene rings is 1. The lowest BCUT2D eigenvalue weighted by Gasteiger charge is -2.32. The van der Waals surface area contributed by atoms with Gasteiger partial charge in [-0.05, 0) is 49.4 Å². The summed E-state index contributed by atoms with van der Waals surface area (Å²) >= 11 is 1.29. The summed E-state index contributed by atoms with van der Waals surface area (Å²) in [5.74, 6) is -0.389. The highest BCUT2D eigenvalue weighted by atomic mass is 32.2. The van der Waals surface area contributed by atoms with Crippen molar-refractivity contribution in [2.45, 2.75) is 36.7 Å². The molecule has 8 heteroatoms. The minimum atomic E-state index is -3.57. The van der Waals surface area contributed by atoms with E-state index in [-0.39, 0.29) is 22.9 Å². The number of carbonyl (C=O) groups is 1. The first-order valence-corrected chi connectivity index (χ1v) is 9.67. The fraction of sp³-hybridized carbons (Fsp3) is 0.400. The van der Waals surface area contributed by atoms with Gasteiger partial charge in [0.1, 0.15) is 4.88 Å². The van der Waals surface area contributed by atoms with Gasteiger partial charge in [-0.25, -0.2) is 17.9 Å². The van der Waals surface area contributed by atoms with Crippen molar-refractivity contribution in [3.63, 3.8) is 0 Å². The summed E-state index contributed by atoms with van der Waals surface area (Å²) in [5.41, 5.74) is 5.68. The third-order valence-corrected chi connectivity index (χ3v) is 6.39.